The van der Waals surface area contributed by atoms with Crippen molar-refractivity contribution in [3.8, 4) is 0 Å². The normalized spacial score (nSPS) is 34.1. The number of carbonyl (C=O) groups excluding carboxylic acids is 1. The molecule has 0 aromatic carbocycles. The zero-order valence-corrected chi connectivity index (χ0v) is 14.0. The molecule has 2 aliphatic heterocycles. The van der Waals surface area contributed by atoms with E-state index in [0.29, 0.717) is 0 Å². The summed E-state index contributed by atoms with van der Waals surface area (Å²) in [5.74, 6) is -23.1. The van der Waals surface area contributed by atoms with Gasteiger partial charge in [0.15, 0.2) is 0 Å². The Hall–Kier alpha value is -2.23. The van der Waals surface area contributed by atoms with Crippen molar-refractivity contribution in [3.05, 3.63) is 12.0 Å². The van der Waals surface area contributed by atoms with Crippen molar-refractivity contribution in [1.82, 2.24) is 0 Å². The van der Waals surface area contributed by atoms with Gasteiger partial charge in [0.2, 0.25) is 0 Å². The predicted octanol–water partition coefficient (Wildman–Crippen LogP) is 4.62. The number of hydrogen-bond donors (Lipinski definition) is 0. The van der Waals surface area contributed by atoms with Crippen molar-refractivity contribution >= 4 is 6.04 Å². The molecule has 0 aliphatic carbocycles. The van der Waals surface area contributed by atoms with Crippen LogP contribution < -0.4 is 0 Å². The Morgan fingerprint density at radius 1 is 0.697 bits per heavy atom. The molecule has 0 aromatic heterocycles. The highest BCUT2D eigenvalue weighted by Crippen LogP contribution is 2.62. The second kappa shape index (κ2) is 6.90. The summed E-state index contributed by atoms with van der Waals surface area (Å²) in [6, 6.07) is -4.30. The molecule has 33 heavy (non-hydrogen) atoms. The number of ether oxygens (including phenoxy) is 5. The number of hydrogen-bond acceptors (Lipinski definition) is 6. The Balaban J connectivity index is 2.55. The summed E-state index contributed by atoms with van der Waals surface area (Å²) >= 11 is 0. The van der Waals surface area contributed by atoms with Crippen LogP contribution in [0.15, 0.2) is 12.0 Å². The first kappa shape index (κ1) is 27.0. The van der Waals surface area contributed by atoms with Crippen molar-refractivity contribution in [2.75, 3.05) is 0 Å². The molecule has 2 rings (SSSR count). The Labute approximate surface area is 166 Å². The maximum absolute atomic E-state index is 14.2. The molecule has 0 spiro atoms. The molecule has 3 atom stereocenters. The molecule has 2 fully saturated rings. The molecule has 3 unspecified atom stereocenters. The summed E-state index contributed by atoms with van der Waals surface area (Å²) in [5.41, 5.74) is 0. The molecular formula is C11F16O6. The second-order valence-electron chi connectivity index (χ2n) is 5.70. The molecule has 2 heterocycles. The molecule has 0 radical (unpaired) electrons. The van der Waals surface area contributed by atoms with Crippen molar-refractivity contribution < 1.29 is 98.7 Å². The van der Waals surface area contributed by atoms with E-state index in [-0.39, 0.29) is 0 Å². The summed E-state index contributed by atoms with van der Waals surface area (Å²) in [5, 5.41) is 0. The summed E-state index contributed by atoms with van der Waals surface area (Å²) in [7, 11) is 0. The summed E-state index contributed by atoms with van der Waals surface area (Å²) in [6.07, 6.45) is -38.7. The van der Waals surface area contributed by atoms with Gasteiger partial charge in [-0.1, -0.05) is 0 Å². The van der Waals surface area contributed by atoms with E-state index in [1.54, 1.807) is 0 Å². The topological polar surface area (TPSA) is 63.2 Å². The Morgan fingerprint density at radius 2 is 1.15 bits per heavy atom. The van der Waals surface area contributed by atoms with E-state index in [0.717, 1.165) is 0 Å². The molecule has 0 N–H and O–H groups in total. The lowest BCUT2D eigenvalue weighted by molar-refractivity contribution is -0.520. The van der Waals surface area contributed by atoms with Crippen LogP contribution in [0.1, 0.15) is 0 Å². The molecule has 6 nitrogen and oxygen atoms in total. The predicted molar refractivity (Wildman–Crippen MR) is 57.0 cm³/mol. The average Bonchev–Trinajstić information content (AvgIpc) is 2.96. The van der Waals surface area contributed by atoms with Crippen LogP contribution in [0, 0.1) is 0 Å². The van der Waals surface area contributed by atoms with Gasteiger partial charge < -0.3 is 9.47 Å². The first-order chi connectivity index (χ1) is 14.3. The highest BCUT2D eigenvalue weighted by molar-refractivity contribution is 5.78. The molecule has 0 bridgehead atoms. The molecule has 2 aliphatic rings. The Morgan fingerprint density at radius 3 is 1.48 bits per heavy atom. The third-order valence-corrected chi connectivity index (χ3v) is 3.55. The quantitative estimate of drug-likeness (QED) is 0.381. The molecular weight excluding hydrogens is 532 g/mol. The van der Waals surface area contributed by atoms with Gasteiger partial charge in [-0.25, -0.2) is 4.74 Å². The van der Waals surface area contributed by atoms with Crippen molar-refractivity contribution in [2.24, 2.45) is 0 Å². The van der Waals surface area contributed by atoms with Gasteiger partial charge in [0, 0.05) is 0 Å². The zero-order valence-electron chi connectivity index (χ0n) is 14.0. The largest absolute Gasteiger partial charge is 0.483 e. The Kier molecular flexibility index (Phi) is 5.65. The molecule has 2 saturated heterocycles. The van der Waals surface area contributed by atoms with Gasteiger partial charge in [-0.3, -0.25) is 14.3 Å². The van der Waals surface area contributed by atoms with Gasteiger partial charge in [-0.2, -0.15) is 70.2 Å². The molecule has 0 aromatic rings. The minimum Gasteiger partial charge on any atom is -0.408 e. The minimum absolute atomic E-state index is 1.83. The summed E-state index contributed by atoms with van der Waals surface area (Å²) in [6.45, 7) is 0. The van der Waals surface area contributed by atoms with Crippen LogP contribution in [0.3, 0.4) is 0 Å². The van der Waals surface area contributed by atoms with E-state index >= 15 is 0 Å². The number of carbonyl (C=O) groups is 1. The fourth-order valence-corrected chi connectivity index (χ4v) is 2.05. The van der Waals surface area contributed by atoms with Gasteiger partial charge in [0.1, 0.15) is 0 Å². The monoisotopic (exact) mass is 532 g/mol. The third-order valence-electron chi connectivity index (χ3n) is 3.55. The molecule has 192 valence electrons. The third kappa shape index (κ3) is 3.52. The highest BCUT2D eigenvalue weighted by Gasteiger charge is 2.92. The van der Waals surface area contributed by atoms with E-state index in [1.165, 1.54) is 0 Å². The van der Waals surface area contributed by atoms with Crippen LogP contribution in [0.5, 0.6) is 0 Å². The van der Waals surface area contributed by atoms with Crippen molar-refractivity contribution in [1.29, 1.82) is 0 Å². The van der Waals surface area contributed by atoms with Crippen molar-refractivity contribution in [3.63, 3.8) is 0 Å². The summed E-state index contributed by atoms with van der Waals surface area (Å²) in [4.78, 5) is 10.4. The van der Waals surface area contributed by atoms with E-state index in [4.69, 9.17) is 0 Å². The van der Waals surface area contributed by atoms with Crippen molar-refractivity contribution in [2.45, 2.75) is 48.1 Å². The van der Waals surface area contributed by atoms with Crippen LogP contribution in [0.25, 0.3) is 0 Å². The first-order valence-electron chi connectivity index (χ1n) is 7.02. The molecule has 22 heteroatoms. The summed E-state index contributed by atoms with van der Waals surface area (Å²) < 4.78 is 223. The van der Waals surface area contributed by atoms with E-state index in [9.17, 15) is 75.0 Å². The lowest BCUT2D eigenvalue weighted by Gasteiger charge is -2.36. The van der Waals surface area contributed by atoms with Crippen LogP contribution in [-0.4, -0.2) is 54.1 Å². The number of halogens is 16. The highest BCUT2D eigenvalue weighted by atomic mass is 19.4. The SMILES string of the molecule is O=C(F)C1(C(F)(F)F)OC(F)(F)C(F)(C(F)(F)OC(F)(F)C2(F)OC(=C(F)F)OC2(F)F)O1. The molecule has 0 amide bonds. The van der Waals surface area contributed by atoms with Gasteiger partial charge >= 0.3 is 66.2 Å². The van der Waals surface area contributed by atoms with Gasteiger partial charge in [0.25, 0.3) is 0 Å². The average molecular weight is 532 g/mol. The van der Waals surface area contributed by atoms with E-state index in [2.05, 4.69) is 18.9 Å². The minimum atomic E-state index is -7.47. The Bertz CT molecular complexity index is 865. The fraction of sp³-hybridized carbons (Fsp3) is 0.727. The second-order valence-corrected chi connectivity index (χ2v) is 5.70. The smallest absolute Gasteiger partial charge is 0.408 e. The van der Waals surface area contributed by atoms with Crippen LogP contribution >= 0.6 is 0 Å². The molecule has 0 saturated carbocycles. The number of rotatable bonds is 5. The van der Waals surface area contributed by atoms with Crippen LogP contribution in [0.4, 0.5) is 70.2 Å². The lowest BCUT2D eigenvalue weighted by atomic mass is 10.2. The maximum Gasteiger partial charge on any atom is 0.483 e. The number of alkyl halides is 13. The first-order valence-corrected chi connectivity index (χ1v) is 7.02. The van der Waals surface area contributed by atoms with E-state index in [1.807, 2.05) is 4.74 Å². The lowest BCUT2D eigenvalue weighted by Crippen LogP contribution is -2.64. The van der Waals surface area contributed by atoms with E-state index < -0.39 is 66.2 Å². The van der Waals surface area contributed by atoms with Gasteiger partial charge in [-0.05, 0) is 0 Å². The van der Waals surface area contributed by atoms with Gasteiger partial charge in [0.05, 0.1) is 0 Å². The fourth-order valence-electron chi connectivity index (χ4n) is 2.05. The van der Waals surface area contributed by atoms with Crippen LogP contribution in [0.2, 0.25) is 0 Å². The standard InChI is InChI=1S/C11F16O6/c12-1(13)2-29-5(15,8(20,21)30-2)9(22,23)33-11(26,27)6(16)10(24,25)32-4(31-6,3(14)28)7(17,18)19. The van der Waals surface area contributed by atoms with Gasteiger partial charge in [-0.15, -0.1) is 0 Å². The van der Waals surface area contributed by atoms with Crippen LogP contribution in [-0.2, 0) is 28.5 Å². The maximum atomic E-state index is 14.2. The zero-order chi connectivity index (χ0) is 26.3.